The molecule has 1 N–H and O–H groups in total. The van der Waals surface area contributed by atoms with Gasteiger partial charge in [-0.25, -0.2) is 4.39 Å². The summed E-state index contributed by atoms with van der Waals surface area (Å²) in [7, 11) is 3.07. The third kappa shape index (κ3) is 4.20. The van der Waals surface area contributed by atoms with E-state index in [0.717, 1.165) is 0 Å². The lowest BCUT2D eigenvalue weighted by Gasteiger charge is -2.19. The highest BCUT2D eigenvalue weighted by atomic mass is 19.1. The first-order valence-electron chi connectivity index (χ1n) is 8.07. The number of aromatic nitrogens is 4. The predicted octanol–water partition coefficient (Wildman–Crippen LogP) is 1.95. The van der Waals surface area contributed by atoms with E-state index >= 15 is 0 Å². The van der Waals surface area contributed by atoms with Gasteiger partial charge in [-0.15, -0.1) is 0 Å². The second-order valence-corrected chi connectivity index (χ2v) is 5.64. The molecular formula is C18H17FN5O3-. The SMILES string of the molecule is COc1ccc(OC)c(C[C@@H](C(=O)Nc2ccccc2F)c2nnn[n-]2)c1. The highest BCUT2D eigenvalue weighted by Crippen LogP contribution is 2.29. The molecule has 3 rings (SSSR count). The first-order valence-corrected chi connectivity index (χ1v) is 8.07. The number of ether oxygens (including phenoxy) is 2. The Morgan fingerprint density at radius 2 is 2.04 bits per heavy atom. The Kier molecular flexibility index (Phi) is 5.60. The number of anilines is 1. The summed E-state index contributed by atoms with van der Waals surface area (Å²) in [6.07, 6.45) is 0.189. The molecule has 2 aromatic carbocycles. The molecule has 1 atom stereocenters. The summed E-state index contributed by atoms with van der Waals surface area (Å²) in [5.74, 6) is -0.553. The van der Waals surface area contributed by atoms with Gasteiger partial charge in [-0.3, -0.25) is 15.1 Å². The summed E-state index contributed by atoms with van der Waals surface area (Å²) < 4.78 is 24.5. The number of hydrogen-bond donors (Lipinski definition) is 1. The molecule has 0 aliphatic carbocycles. The molecule has 0 unspecified atom stereocenters. The maximum atomic E-state index is 13.9. The van der Waals surface area contributed by atoms with E-state index in [-0.39, 0.29) is 17.9 Å². The fourth-order valence-corrected chi connectivity index (χ4v) is 2.64. The molecule has 0 bridgehead atoms. The molecule has 8 nitrogen and oxygen atoms in total. The number of amides is 1. The van der Waals surface area contributed by atoms with Crippen LogP contribution in [0.25, 0.3) is 0 Å². The van der Waals surface area contributed by atoms with Gasteiger partial charge in [-0.05, 0) is 42.3 Å². The van der Waals surface area contributed by atoms with Crippen molar-refractivity contribution in [1.82, 2.24) is 20.6 Å². The molecule has 1 heterocycles. The molecule has 0 spiro atoms. The number of carbonyl (C=O) groups excluding carboxylic acids is 1. The summed E-state index contributed by atoms with van der Waals surface area (Å²) in [6.45, 7) is 0. The molecule has 0 radical (unpaired) electrons. The summed E-state index contributed by atoms with van der Waals surface area (Å²) in [6, 6.07) is 11.1. The number of benzene rings is 2. The van der Waals surface area contributed by atoms with Crippen molar-refractivity contribution >= 4 is 11.6 Å². The number of nitrogens with one attached hydrogen (secondary N) is 1. The first-order chi connectivity index (χ1) is 13.1. The van der Waals surface area contributed by atoms with Crippen LogP contribution >= 0.6 is 0 Å². The minimum absolute atomic E-state index is 0.0672. The Bertz CT molecular complexity index is 917. The van der Waals surface area contributed by atoms with Gasteiger partial charge in [0, 0.05) is 5.82 Å². The third-order valence-corrected chi connectivity index (χ3v) is 4.01. The van der Waals surface area contributed by atoms with Crippen LogP contribution < -0.4 is 19.9 Å². The Balaban J connectivity index is 1.91. The molecule has 0 fully saturated rings. The van der Waals surface area contributed by atoms with E-state index < -0.39 is 17.6 Å². The second kappa shape index (κ2) is 8.26. The van der Waals surface area contributed by atoms with Crippen molar-refractivity contribution in [2.45, 2.75) is 12.3 Å². The molecule has 0 saturated heterocycles. The number of carbonyl (C=O) groups is 1. The minimum atomic E-state index is -0.847. The topological polar surface area (TPSA) is 100 Å². The van der Waals surface area contributed by atoms with Crippen LogP contribution in [-0.4, -0.2) is 35.7 Å². The first kappa shape index (κ1) is 18.3. The Labute approximate surface area is 154 Å². The van der Waals surface area contributed by atoms with Crippen molar-refractivity contribution in [3.05, 3.63) is 59.7 Å². The van der Waals surface area contributed by atoms with E-state index in [1.807, 2.05) is 0 Å². The molecule has 140 valence electrons. The van der Waals surface area contributed by atoms with Crippen LogP contribution in [-0.2, 0) is 11.2 Å². The van der Waals surface area contributed by atoms with Gasteiger partial charge < -0.3 is 19.9 Å². The number of tetrazole rings is 1. The van der Waals surface area contributed by atoms with Crippen LogP contribution in [0.4, 0.5) is 10.1 Å². The van der Waals surface area contributed by atoms with Crippen LogP contribution in [0.3, 0.4) is 0 Å². The van der Waals surface area contributed by atoms with Gasteiger partial charge in [0.2, 0.25) is 5.91 Å². The van der Waals surface area contributed by atoms with E-state index in [2.05, 4.69) is 25.9 Å². The highest BCUT2D eigenvalue weighted by molar-refractivity contribution is 5.95. The van der Waals surface area contributed by atoms with Gasteiger partial charge in [0.1, 0.15) is 17.3 Å². The fourth-order valence-electron chi connectivity index (χ4n) is 2.64. The number of hydrogen-bond acceptors (Lipinski definition) is 6. The Hall–Kier alpha value is -3.49. The number of para-hydroxylation sites is 1. The van der Waals surface area contributed by atoms with Gasteiger partial charge in [0.05, 0.1) is 25.8 Å². The van der Waals surface area contributed by atoms with E-state index in [1.54, 1.807) is 31.4 Å². The van der Waals surface area contributed by atoms with Crippen molar-refractivity contribution in [1.29, 1.82) is 0 Å². The smallest absolute Gasteiger partial charge is 0.232 e. The maximum Gasteiger partial charge on any atom is 0.232 e. The summed E-state index contributed by atoms with van der Waals surface area (Å²) >= 11 is 0. The largest absolute Gasteiger partial charge is 0.497 e. The zero-order valence-electron chi connectivity index (χ0n) is 14.7. The molecule has 0 aliphatic heterocycles. The number of nitrogens with zero attached hydrogens (tertiary/aromatic N) is 4. The van der Waals surface area contributed by atoms with Crippen LogP contribution in [0.1, 0.15) is 17.3 Å². The van der Waals surface area contributed by atoms with Gasteiger partial charge in [0.15, 0.2) is 0 Å². The zero-order valence-corrected chi connectivity index (χ0v) is 14.7. The quantitative estimate of drug-likeness (QED) is 0.678. The van der Waals surface area contributed by atoms with E-state index in [4.69, 9.17) is 9.47 Å². The van der Waals surface area contributed by atoms with Crippen LogP contribution in [0.2, 0.25) is 0 Å². The second-order valence-electron chi connectivity index (χ2n) is 5.64. The van der Waals surface area contributed by atoms with Gasteiger partial charge >= 0.3 is 0 Å². The van der Waals surface area contributed by atoms with Crippen LogP contribution in [0.5, 0.6) is 11.5 Å². The van der Waals surface area contributed by atoms with Gasteiger partial charge in [0.25, 0.3) is 0 Å². The predicted molar refractivity (Wildman–Crippen MR) is 94.2 cm³/mol. The van der Waals surface area contributed by atoms with Crippen LogP contribution in [0, 0.1) is 5.82 Å². The average Bonchev–Trinajstić information content (AvgIpc) is 3.22. The average molecular weight is 370 g/mol. The normalized spacial score (nSPS) is 11.7. The van der Waals surface area contributed by atoms with Crippen molar-refractivity contribution in [2.75, 3.05) is 19.5 Å². The van der Waals surface area contributed by atoms with Crippen molar-refractivity contribution in [3.8, 4) is 11.5 Å². The van der Waals surface area contributed by atoms with Crippen molar-refractivity contribution < 1.29 is 18.7 Å². The Morgan fingerprint density at radius 1 is 1.22 bits per heavy atom. The summed E-state index contributed by atoms with van der Waals surface area (Å²) in [5, 5.41) is 17.1. The van der Waals surface area contributed by atoms with Gasteiger partial charge in [-0.1, -0.05) is 12.1 Å². The van der Waals surface area contributed by atoms with Gasteiger partial charge in [-0.2, -0.15) is 5.21 Å². The van der Waals surface area contributed by atoms with E-state index in [0.29, 0.717) is 17.1 Å². The maximum absolute atomic E-state index is 13.9. The van der Waals surface area contributed by atoms with E-state index in [1.165, 1.54) is 25.3 Å². The lowest BCUT2D eigenvalue weighted by molar-refractivity contribution is -0.117. The number of methoxy groups -OCH3 is 2. The molecule has 1 amide bonds. The molecule has 27 heavy (non-hydrogen) atoms. The van der Waals surface area contributed by atoms with E-state index in [9.17, 15) is 9.18 Å². The molecule has 0 saturated carbocycles. The Morgan fingerprint density at radius 3 is 2.70 bits per heavy atom. The lowest BCUT2D eigenvalue weighted by Crippen LogP contribution is -2.25. The molecule has 9 heteroatoms. The van der Waals surface area contributed by atoms with Crippen LogP contribution in [0.15, 0.2) is 42.5 Å². The standard InChI is InChI=1S/C18H18FN5O3/c1-26-12-7-8-16(27-2)11(9-12)10-13(17-21-23-24-22-17)18(25)20-15-6-4-3-5-14(15)19/h3-9,13H,10H2,1-2H3,(H2,20,21,22,23,24,25)/p-1/t13-/m1/s1. The monoisotopic (exact) mass is 370 g/mol. The third-order valence-electron chi connectivity index (χ3n) is 4.01. The fraction of sp³-hybridized carbons (Fsp3) is 0.222. The molecular weight excluding hydrogens is 353 g/mol. The molecule has 3 aromatic rings. The number of rotatable bonds is 7. The lowest BCUT2D eigenvalue weighted by atomic mass is 9.96. The van der Waals surface area contributed by atoms with Crippen molar-refractivity contribution in [3.63, 3.8) is 0 Å². The minimum Gasteiger partial charge on any atom is -0.497 e. The number of halogens is 1. The highest BCUT2D eigenvalue weighted by Gasteiger charge is 2.23. The summed E-state index contributed by atoms with van der Waals surface area (Å²) in [4.78, 5) is 12.8. The van der Waals surface area contributed by atoms with Crippen molar-refractivity contribution in [2.24, 2.45) is 0 Å². The molecule has 0 aliphatic rings. The molecule has 1 aromatic heterocycles. The zero-order chi connectivity index (χ0) is 19.2. The summed E-state index contributed by atoms with van der Waals surface area (Å²) in [5.41, 5.74) is 0.771.